The van der Waals surface area contributed by atoms with Gasteiger partial charge in [-0.2, -0.15) is 0 Å². The summed E-state index contributed by atoms with van der Waals surface area (Å²) >= 11 is 1.32. The van der Waals surface area contributed by atoms with E-state index in [0.717, 1.165) is 4.90 Å². The Morgan fingerprint density at radius 2 is 2.16 bits per heavy atom. The van der Waals surface area contributed by atoms with Gasteiger partial charge in [-0.05, 0) is 37.1 Å². The fourth-order valence-electron chi connectivity index (χ4n) is 2.74. The van der Waals surface area contributed by atoms with Crippen LogP contribution in [0.3, 0.4) is 0 Å². The van der Waals surface area contributed by atoms with Crippen molar-refractivity contribution < 1.29 is 28.5 Å². The van der Waals surface area contributed by atoms with Gasteiger partial charge >= 0.3 is 5.97 Å². The number of methoxy groups -OCH3 is 1. The van der Waals surface area contributed by atoms with E-state index in [4.69, 9.17) is 18.9 Å². The van der Waals surface area contributed by atoms with Gasteiger partial charge < -0.3 is 18.9 Å². The van der Waals surface area contributed by atoms with Crippen molar-refractivity contribution in [3.63, 3.8) is 0 Å². The first-order valence-corrected chi connectivity index (χ1v) is 8.87. The lowest BCUT2D eigenvalue weighted by Crippen LogP contribution is -2.56. The molecule has 0 bridgehead atoms. The Balaban J connectivity index is 1.77. The van der Waals surface area contributed by atoms with Crippen molar-refractivity contribution in [3.05, 3.63) is 23.8 Å². The third-order valence-corrected chi connectivity index (χ3v) is 5.18. The van der Waals surface area contributed by atoms with Gasteiger partial charge in [-0.25, -0.2) is 4.79 Å². The van der Waals surface area contributed by atoms with Crippen LogP contribution in [0.25, 0.3) is 0 Å². The maximum atomic E-state index is 12.9. The number of esters is 1. The molecule has 1 aromatic rings. The second-order valence-electron chi connectivity index (χ2n) is 5.94. The molecule has 0 saturated carbocycles. The van der Waals surface area contributed by atoms with E-state index in [-0.39, 0.29) is 11.9 Å². The summed E-state index contributed by atoms with van der Waals surface area (Å²) < 4.78 is 22.9. The lowest BCUT2D eigenvalue weighted by Gasteiger charge is -2.41. The van der Waals surface area contributed by atoms with Gasteiger partial charge in [0, 0.05) is 7.11 Å². The Kier molecular flexibility index (Phi) is 5.51. The van der Waals surface area contributed by atoms with Crippen LogP contribution in [0.2, 0.25) is 0 Å². The van der Waals surface area contributed by atoms with Crippen LogP contribution < -0.4 is 4.74 Å². The molecule has 0 spiro atoms. The van der Waals surface area contributed by atoms with Crippen LogP contribution >= 0.6 is 11.9 Å². The highest BCUT2D eigenvalue weighted by Crippen LogP contribution is 2.39. The highest BCUT2D eigenvalue weighted by Gasteiger charge is 2.49. The minimum Gasteiger partial charge on any atom is -0.490 e. The highest BCUT2D eigenvalue weighted by atomic mass is 32.2. The first kappa shape index (κ1) is 18.0. The lowest BCUT2D eigenvalue weighted by atomic mass is 9.86. The van der Waals surface area contributed by atoms with Crippen LogP contribution in [-0.4, -0.2) is 62.9 Å². The van der Waals surface area contributed by atoms with E-state index in [1.165, 1.54) is 11.9 Å². The molecule has 8 heteroatoms. The normalized spacial score (nSPS) is 18.4. The lowest BCUT2D eigenvalue weighted by molar-refractivity contribution is -0.177. The number of ether oxygens (including phenoxy) is 4. The number of hydrogen-bond donors (Lipinski definition) is 0. The van der Waals surface area contributed by atoms with E-state index in [9.17, 15) is 9.59 Å². The Hall–Kier alpha value is -1.77. The second kappa shape index (κ2) is 7.63. The van der Waals surface area contributed by atoms with Gasteiger partial charge in [-0.1, -0.05) is 0 Å². The van der Waals surface area contributed by atoms with Crippen molar-refractivity contribution in [3.8, 4) is 5.75 Å². The molecule has 1 aromatic carbocycles. The summed E-state index contributed by atoms with van der Waals surface area (Å²) in [6, 6.07) is 5.11. The molecule has 0 aromatic heterocycles. The number of nitrogens with zero attached hydrogens (tertiary/aromatic N) is 1. The van der Waals surface area contributed by atoms with Crippen LogP contribution in [-0.2, 0) is 19.0 Å². The van der Waals surface area contributed by atoms with Gasteiger partial charge in [-0.3, -0.25) is 9.10 Å². The molecule has 7 nitrogen and oxygen atoms in total. The van der Waals surface area contributed by atoms with Crippen LogP contribution in [0.5, 0.6) is 5.75 Å². The molecule has 25 heavy (non-hydrogen) atoms. The Bertz CT molecular complexity index is 661. The standard InChI is InChI=1S/C17H21NO6S/c1-3-23-15(19)12-4-5-14-13(8-12)24-7-6-18(25-14)16(20)17(9-21-2)10-22-11-17/h4-5,8H,3,6-7,9-11H2,1-2H3. The van der Waals surface area contributed by atoms with E-state index >= 15 is 0 Å². The molecule has 3 rings (SSSR count). The van der Waals surface area contributed by atoms with Gasteiger partial charge in [-0.15, -0.1) is 0 Å². The second-order valence-corrected chi connectivity index (χ2v) is 7.00. The average Bonchev–Trinajstić information content (AvgIpc) is 2.79. The molecule has 0 atom stereocenters. The monoisotopic (exact) mass is 367 g/mol. The molecular weight excluding hydrogens is 346 g/mol. The smallest absolute Gasteiger partial charge is 0.338 e. The molecular formula is C17H21NO6S. The molecule has 0 N–H and O–H groups in total. The zero-order valence-corrected chi connectivity index (χ0v) is 15.1. The first-order chi connectivity index (χ1) is 12.1. The van der Waals surface area contributed by atoms with E-state index in [0.29, 0.717) is 50.9 Å². The van der Waals surface area contributed by atoms with E-state index < -0.39 is 5.41 Å². The molecule has 1 amide bonds. The summed E-state index contributed by atoms with van der Waals surface area (Å²) in [6.45, 7) is 3.94. The number of carbonyl (C=O) groups is 2. The Morgan fingerprint density at radius 1 is 1.36 bits per heavy atom. The third kappa shape index (κ3) is 3.61. The minimum atomic E-state index is -0.614. The minimum absolute atomic E-state index is 0.0171. The summed E-state index contributed by atoms with van der Waals surface area (Å²) in [5.74, 6) is 0.176. The van der Waals surface area contributed by atoms with Gasteiger partial charge in [0.05, 0.1) is 43.4 Å². The summed E-state index contributed by atoms with van der Waals surface area (Å²) in [5, 5.41) is 0. The van der Waals surface area contributed by atoms with E-state index in [1.54, 1.807) is 36.5 Å². The SMILES string of the molecule is CCOC(=O)c1ccc2c(c1)OCCN(C(=O)C1(COC)COC1)S2. The van der Waals surface area contributed by atoms with Crippen LogP contribution in [0.15, 0.2) is 23.1 Å². The van der Waals surface area contributed by atoms with Crippen LogP contribution in [0, 0.1) is 5.41 Å². The summed E-state index contributed by atoms with van der Waals surface area (Å²) in [6.07, 6.45) is 0. The summed E-state index contributed by atoms with van der Waals surface area (Å²) in [4.78, 5) is 25.6. The fraction of sp³-hybridized carbons (Fsp3) is 0.529. The van der Waals surface area contributed by atoms with Crippen molar-refractivity contribution in [2.75, 3.05) is 46.7 Å². The maximum absolute atomic E-state index is 12.9. The molecule has 2 aliphatic heterocycles. The predicted molar refractivity (Wildman–Crippen MR) is 90.6 cm³/mol. The number of fused-ring (bicyclic) bond motifs is 1. The molecule has 136 valence electrons. The summed E-state index contributed by atoms with van der Waals surface area (Å²) in [5.41, 5.74) is -0.179. The number of hydrogen-bond acceptors (Lipinski definition) is 7. The summed E-state index contributed by atoms with van der Waals surface area (Å²) in [7, 11) is 1.58. The van der Waals surface area contributed by atoms with Crippen molar-refractivity contribution in [2.45, 2.75) is 11.8 Å². The number of amides is 1. The Labute approximate surface area is 150 Å². The van der Waals surface area contributed by atoms with Crippen LogP contribution in [0.4, 0.5) is 0 Å². The fourth-order valence-corrected chi connectivity index (χ4v) is 3.76. The Morgan fingerprint density at radius 3 is 2.80 bits per heavy atom. The number of carbonyl (C=O) groups excluding carboxylic acids is 2. The van der Waals surface area contributed by atoms with Crippen molar-refractivity contribution >= 4 is 23.8 Å². The molecule has 0 radical (unpaired) electrons. The number of benzene rings is 1. The predicted octanol–water partition coefficient (Wildman–Crippen LogP) is 1.75. The molecule has 2 heterocycles. The van der Waals surface area contributed by atoms with Gasteiger partial charge in [0.15, 0.2) is 0 Å². The number of rotatable bonds is 5. The zero-order valence-electron chi connectivity index (χ0n) is 14.3. The largest absolute Gasteiger partial charge is 0.490 e. The average molecular weight is 367 g/mol. The van der Waals surface area contributed by atoms with Crippen molar-refractivity contribution in [1.82, 2.24) is 4.31 Å². The maximum Gasteiger partial charge on any atom is 0.338 e. The van der Waals surface area contributed by atoms with Gasteiger partial charge in [0.1, 0.15) is 17.8 Å². The molecule has 1 saturated heterocycles. The molecule has 2 aliphatic rings. The quantitative estimate of drug-likeness (QED) is 0.580. The molecule has 1 fully saturated rings. The molecule has 0 unspecified atom stereocenters. The van der Waals surface area contributed by atoms with Crippen molar-refractivity contribution in [1.29, 1.82) is 0 Å². The van der Waals surface area contributed by atoms with Crippen molar-refractivity contribution in [2.24, 2.45) is 5.41 Å². The zero-order chi connectivity index (χ0) is 17.9. The molecule has 0 aliphatic carbocycles. The van der Waals surface area contributed by atoms with E-state index in [1.807, 2.05) is 0 Å². The first-order valence-electron chi connectivity index (χ1n) is 8.10. The topological polar surface area (TPSA) is 74.3 Å². The van der Waals surface area contributed by atoms with E-state index in [2.05, 4.69) is 0 Å². The van der Waals surface area contributed by atoms with Gasteiger partial charge in [0.25, 0.3) is 0 Å². The highest BCUT2D eigenvalue weighted by molar-refractivity contribution is 7.97. The third-order valence-electron chi connectivity index (χ3n) is 4.07. The van der Waals surface area contributed by atoms with Gasteiger partial charge in [0.2, 0.25) is 5.91 Å². The van der Waals surface area contributed by atoms with Crippen LogP contribution in [0.1, 0.15) is 17.3 Å².